The lowest BCUT2D eigenvalue weighted by Gasteiger charge is -2.19. The first-order valence-corrected chi connectivity index (χ1v) is 12.6. The third kappa shape index (κ3) is 4.72. The highest BCUT2D eigenvalue weighted by molar-refractivity contribution is 7.92. The number of carbonyl (C=O) groups excluding carboxylic acids is 1. The summed E-state index contributed by atoms with van der Waals surface area (Å²) in [5, 5.41) is 3.72. The molecule has 4 aromatic rings. The molecule has 6 nitrogen and oxygen atoms in total. The minimum absolute atomic E-state index is 0.172. The fourth-order valence-electron chi connectivity index (χ4n) is 3.40. The number of anilines is 2. The minimum atomic E-state index is -3.74. The smallest absolute Gasteiger partial charge is 0.265 e. The molecule has 0 radical (unpaired) electrons. The average molecular weight is 481 g/mol. The van der Waals surface area contributed by atoms with Crippen LogP contribution in [-0.2, 0) is 16.4 Å². The SMILES string of the molecule is CCc1ccc(NC(=O)c2cc3cc(N(C)S(=O)(=O)c4ccc(OC)cc4)ccc3s2)cc1. The van der Waals surface area contributed by atoms with Gasteiger partial charge in [-0.15, -0.1) is 11.3 Å². The van der Waals surface area contributed by atoms with E-state index in [1.165, 1.54) is 47.5 Å². The number of ether oxygens (including phenoxy) is 1. The molecule has 8 heteroatoms. The molecule has 0 atom stereocenters. The minimum Gasteiger partial charge on any atom is -0.497 e. The molecule has 0 saturated carbocycles. The number of benzene rings is 3. The number of sulfonamides is 1. The van der Waals surface area contributed by atoms with Crippen molar-refractivity contribution >= 4 is 48.7 Å². The maximum Gasteiger partial charge on any atom is 0.265 e. The van der Waals surface area contributed by atoms with Crippen LogP contribution in [-0.4, -0.2) is 28.5 Å². The maximum absolute atomic E-state index is 13.1. The number of amides is 1. The van der Waals surface area contributed by atoms with Crippen LogP contribution < -0.4 is 14.4 Å². The number of nitrogens with zero attached hydrogens (tertiary/aromatic N) is 1. The summed E-state index contributed by atoms with van der Waals surface area (Å²) in [6.45, 7) is 2.08. The van der Waals surface area contributed by atoms with Crippen LogP contribution in [0.3, 0.4) is 0 Å². The van der Waals surface area contributed by atoms with E-state index in [4.69, 9.17) is 4.74 Å². The van der Waals surface area contributed by atoms with Crippen LogP contribution in [0.2, 0.25) is 0 Å². The lowest BCUT2D eigenvalue weighted by molar-refractivity contribution is 0.103. The van der Waals surface area contributed by atoms with Crippen molar-refractivity contribution in [2.75, 3.05) is 23.8 Å². The quantitative estimate of drug-likeness (QED) is 0.376. The molecular formula is C25H24N2O4S2. The fraction of sp³-hybridized carbons (Fsp3) is 0.160. The van der Waals surface area contributed by atoms with Gasteiger partial charge in [-0.3, -0.25) is 9.10 Å². The first-order chi connectivity index (χ1) is 15.8. The number of rotatable bonds is 7. The van der Waals surface area contributed by atoms with Gasteiger partial charge in [0.2, 0.25) is 0 Å². The summed E-state index contributed by atoms with van der Waals surface area (Å²) in [6, 6.07) is 21.2. The van der Waals surface area contributed by atoms with Gasteiger partial charge in [0, 0.05) is 17.4 Å². The summed E-state index contributed by atoms with van der Waals surface area (Å²) in [5.41, 5.74) is 2.45. The molecule has 0 aliphatic carbocycles. The van der Waals surface area contributed by atoms with Crippen LogP contribution in [0.15, 0.2) is 77.7 Å². The molecule has 170 valence electrons. The molecule has 0 spiro atoms. The topological polar surface area (TPSA) is 75.7 Å². The third-order valence-corrected chi connectivity index (χ3v) is 8.34. The molecule has 0 bridgehead atoms. The monoisotopic (exact) mass is 480 g/mol. The number of thiophene rings is 1. The van der Waals surface area contributed by atoms with E-state index in [2.05, 4.69) is 12.2 Å². The van der Waals surface area contributed by atoms with E-state index in [-0.39, 0.29) is 10.8 Å². The second kappa shape index (κ2) is 9.25. The Labute approximate surface area is 197 Å². The van der Waals surface area contributed by atoms with Gasteiger partial charge in [-0.25, -0.2) is 8.42 Å². The molecule has 0 unspecified atom stereocenters. The van der Waals surface area contributed by atoms with Crippen molar-refractivity contribution < 1.29 is 17.9 Å². The van der Waals surface area contributed by atoms with E-state index in [0.29, 0.717) is 16.3 Å². The normalized spacial score (nSPS) is 11.4. The molecule has 0 fully saturated rings. The van der Waals surface area contributed by atoms with Crippen molar-refractivity contribution in [2.45, 2.75) is 18.2 Å². The van der Waals surface area contributed by atoms with E-state index >= 15 is 0 Å². The van der Waals surface area contributed by atoms with Crippen LogP contribution in [0.25, 0.3) is 10.1 Å². The van der Waals surface area contributed by atoms with Crippen LogP contribution >= 0.6 is 11.3 Å². The molecule has 1 aromatic heterocycles. The highest BCUT2D eigenvalue weighted by Crippen LogP contribution is 2.32. The largest absolute Gasteiger partial charge is 0.497 e. The van der Waals surface area contributed by atoms with Gasteiger partial charge in [0.05, 0.1) is 22.6 Å². The molecule has 1 amide bonds. The van der Waals surface area contributed by atoms with Gasteiger partial charge in [-0.05, 0) is 78.0 Å². The molecule has 4 rings (SSSR count). The lowest BCUT2D eigenvalue weighted by atomic mass is 10.1. The summed E-state index contributed by atoms with van der Waals surface area (Å²) < 4.78 is 33.4. The van der Waals surface area contributed by atoms with E-state index in [1.54, 1.807) is 30.3 Å². The lowest BCUT2D eigenvalue weighted by Crippen LogP contribution is -2.26. The summed E-state index contributed by atoms with van der Waals surface area (Å²) in [4.78, 5) is 13.5. The van der Waals surface area contributed by atoms with Crippen LogP contribution in [0.1, 0.15) is 22.2 Å². The Hall–Kier alpha value is -3.36. The fourth-order valence-corrected chi connectivity index (χ4v) is 5.53. The standard InChI is InChI=1S/C25H24N2O4S2/c1-4-17-5-7-19(8-6-17)26-25(28)24-16-18-15-20(9-14-23(18)32-24)27(2)33(29,30)22-12-10-21(31-3)11-13-22/h5-16H,4H2,1-3H3,(H,26,28). The predicted molar refractivity (Wildman–Crippen MR) is 134 cm³/mol. The zero-order valence-electron chi connectivity index (χ0n) is 18.5. The second-order valence-corrected chi connectivity index (χ2v) is 10.5. The first kappa shape index (κ1) is 22.8. The van der Waals surface area contributed by atoms with Crippen molar-refractivity contribution in [3.05, 3.63) is 83.2 Å². The Morgan fingerprint density at radius 3 is 2.33 bits per heavy atom. The van der Waals surface area contributed by atoms with Gasteiger partial charge in [0.1, 0.15) is 5.75 Å². The Bertz CT molecular complexity index is 1390. The first-order valence-electron chi connectivity index (χ1n) is 10.4. The van der Waals surface area contributed by atoms with Gasteiger partial charge >= 0.3 is 0 Å². The number of methoxy groups -OCH3 is 1. The predicted octanol–water partition coefficient (Wildman–Crippen LogP) is 5.55. The zero-order valence-corrected chi connectivity index (χ0v) is 20.2. The van der Waals surface area contributed by atoms with Crippen molar-refractivity contribution in [2.24, 2.45) is 0 Å². The summed E-state index contributed by atoms with van der Waals surface area (Å²) in [5.74, 6) is 0.393. The molecule has 0 aliphatic heterocycles. The van der Waals surface area contributed by atoms with Crippen LogP contribution in [0.5, 0.6) is 5.75 Å². The Balaban J connectivity index is 1.57. The number of carbonyl (C=O) groups is 1. The van der Waals surface area contributed by atoms with Gasteiger partial charge in [-0.1, -0.05) is 19.1 Å². The highest BCUT2D eigenvalue weighted by Gasteiger charge is 2.22. The molecule has 0 aliphatic rings. The summed E-state index contributed by atoms with van der Waals surface area (Å²) in [7, 11) is -0.695. The Morgan fingerprint density at radius 1 is 1.00 bits per heavy atom. The number of hydrogen-bond acceptors (Lipinski definition) is 5. The summed E-state index contributed by atoms with van der Waals surface area (Å²) >= 11 is 1.37. The number of aryl methyl sites for hydroxylation is 1. The van der Waals surface area contributed by atoms with E-state index in [0.717, 1.165) is 22.2 Å². The summed E-state index contributed by atoms with van der Waals surface area (Å²) in [6.07, 6.45) is 0.940. The van der Waals surface area contributed by atoms with Gasteiger partial charge in [0.15, 0.2) is 0 Å². The molecule has 1 N–H and O–H groups in total. The van der Waals surface area contributed by atoms with Gasteiger partial charge < -0.3 is 10.1 Å². The zero-order chi connectivity index (χ0) is 23.6. The molecule has 1 heterocycles. The van der Waals surface area contributed by atoms with Crippen LogP contribution in [0.4, 0.5) is 11.4 Å². The van der Waals surface area contributed by atoms with Gasteiger partial charge in [-0.2, -0.15) is 0 Å². The highest BCUT2D eigenvalue weighted by atomic mass is 32.2. The molecule has 3 aromatic carbocycles. The Kier molecular flexibility index (Phi) is 6.40. The van der Waals surface area contributed by atoms with Crippen molar-refractivity contribution in [1.29, 1.82) is 0 Å². The van der Waals surface area contributed by atoms with Crippen molar-refractivity contribution in [1.82, 2.24) is 0 Å². The average Bonchev–Trinajstić information content (AvgIpc) is 3.27. The molecule has 33 heavy (non-hydrogen) atoms. The van der Waals surface area contributed by atoms with Gasteiger partial charge in [0.25, 0.3) is 15.9 Å². The Morgan fingerprint density at radius 2 is 1.70 bits per heavy atom. The maximum atomic E-state index is 13.1. The van der Waals surface area contributed by atoms with E-state index < -0.39 is 10.0 Å². The number of fused-ring (bicyclic) bond motifs is 1. The van der Waals surface area contributed by atoms with Crippen molar-refractivity contribution in [3.8, 4) is 5.75 Å². The third-order valence-electron chi connectivity index (χ3n) is 5.43. The molecular weight excluding hydrogens is 456 g/mol. The molecule has 0 saturated heterocycles. The van der Waals surface area contributed by atoms with E-state index in [9.17, 15) is 13.2 Å². The van der Waals surface area contributed by atoms with Crippen molar-refractivity contribution in [3.63, 3.8) is 0 Å². The van der Waals surface area contributed by atoms with Crippen LogP contribution in [0, 0.1) is 0 Å². The number of nitrogens with one attached hydrogen (secondary N) is 1. The van der Waals surface area contributed by atoms with E-state index in [1.807, 2.05) is 30.3 Å². The second-order valence-electron chi connectivity index (χ2n) is 7.49. The number of hydrogen-bond donors (Lipinski definition) is 1.